The van der Waals surface area contributed by atoms with E-state index in [1.54, 1.807) is 0 Å². The number of hydrogen-bond acceptors (Lipinski definition) is 0. The van der Waals surface area contributed by atoms with Crippen LogP contribution in [-0.4, -0.2) is 7.85 Å². The van der Waals surface area contributed by atoms with Gasteiger partial charge in [-0.15, -0.1) is 0 Å². The summed E-state index contributed by atoms with van der Waals surface area (Å²) in [5.41, 5.74) is 0. The van der Waals surface area contributed by atoms with E-state index >= 15 is 0 Å². The minimum atomic E-state index is 1.01. The van der Waals surface area contributed by atoms with Gasteiger partial charge in [-0.25, -0.2) is 0 Å². The molecule has 1 aliphatic rings. The largest absolute Gasteiger partial charge is 0.105 e. The molecular formula is C10H21B. The van der Waals surface area contributed by atoms with Gasteiger partial charge in [-0.05, 0) is 0 Å². The maximum atomic E-state index is 2.42. The molecule has 0 aromatic rings. The predicted octanol–water partition coefficient (Wildman–Crippen LogP) is 2.93. The lowest BCUT2D eigenvalue weighted by molar-refractivity contribution is 0.504. The Kier molecular flexibility index (Phi) is 4.73. The monoisotopic (exact) mass is 152 g/mol. The summed E-state index contributed by atoms with van der Waals surface area (Å²) in [6.45, 7) is 0. The van der Waals surface area contributed by atoms with Crippen LogP contribution in [0.2, 0.25) is 5.82 Å². The van der Waals surface area contributed by atoms with Crippen molar-refractivity contribution < 1.29 is 0 Å². The van der Waals surface area contributed by atoms with Gasteiger partial charge in [0.05, 0.1) is 0 Å². The van der Waals surface area contributed by atoms with Crippen molar-refractivity contribution in [2.75, 3.05) is 0 Å². The summed E-state index contributed by atoms with van der Waals surface area (Å²) in [5.74, 6) is 1.01. The second kappa shape index (κ2) is 5.68. The molecule has 1 rings (SSSR count). The van der Waals surface area contributed by atoms with Gasteiger partial charge in [0.1, 0.15) is 7.85 Å². The van der Waals surface area contributed by atoms with Gasteiger partial charge in [-0.3, -0.25) is 0 Å². The van der Waals surface area contributed by atoms with E-state index in [4.69, 9.17) is 0 Å². The van der Waals surface area contributed by atoms with Gasteiger partial charge in [-0.1, -0.05) is 63.6 Å². The first-order valence-corrected chi connectivity index (χ1v) is 5.39. The van der Waals surface area contributed by atoms with Crippen LogP contribution in [0.5, 0.6) is 0 Å². The van der Waals surface area contributed by atoms with Crippen LogP contribution in [0, 0.1) is 0 Å². The highest BCUT2D eigenvalue weighted by molar-refractivity contribution is 6.11. The zero-order valence-corrected chi connectivity index (χ0v) is 7.94. The van der Waals surface area contributed by atoms with Crippen LogP contribution in [-0.2, 0) is 0 Å². The highest BCUT2D eigenvalue weighted by Crippen LogP contribution is 2.22. The lowest BCUT2D eigenvalue weighted by atomic mass is 9.78. The van der Waals surface area contributed by atoms with E-state index in [-0.39, 0.29) is 0 Å². The van der Waals surface area contributed by atoms with Crippen LogP contribution in [0.25, 0.3) is 0 Å². The first-order valence-electron chi connectivity index (χ1n) is 5.39. The van der Waals surface area contributed by atoms with Crippen molar-refractivity contribution in [3.63, 3.8) is 0 Å². The molecule has 0 N–H and O–H groups in total. The topological polar surface area (TPSA) is 0 Å². The Morgan fingerprint density at radius 2 is 1.00 bits per heavy atom. The molecule has 0 nitrogen and oxygen atoms in total. The van der Waals surface area contributed by atoms with Gasteiger partial charge < -0.3 is 0 Å². The third-order valence-electron chi connectivity index (χ3n) is 2.89. The van der Waals surface area contributed by atoms with Gasteiger partial charge in [0.25, 0.3) is 0 Å². The molecule has 0 bridgehead atoms. The van der Waals surface area contributed by atoms with Crippen molar-refractivity contribution in [3.05, 3.63) is 0 Å². The van der Waals surface area contributed by atoms with Crippen molar-refractivity contribution in [1.29, 1.82) is 0 Å². The molecule has 0 spiro atoms. The van der Waals surface area contributed by atoms with Crippen molar-refractivity contribution in [1.82, 2.24) is 0 Å². The fraction of sp³-hybridized carbons (Fsp3) is 1.00. The zero-order chi connectivity index (χ0) is 7.94. The molecule has 0 aliphatic heterocycles. The summed E-state index contributed by atoms with van der Waals surface area (Å²) in [4.78, 5) is 0. The highest BCUT2D eigenvalue weighted by Gasteiger charge is 2.03. The Morgan fingerprint density at radius 3 is 1.45 bits per heavy atom. The van der Waals surface area contributed by atoms with E-state index in [0.717, 1.165) is 5.82 Å². The predicted molar refractivity (Wildman–Crippen MR) is 53.8 cm³/mol. The molecule has 1 fully saturated rings. The second-order valence-corrected chi connectivity index (χ2v) is 4.16. The number of rotatable bonds is 0. The molecule has 0 atom stereocenters. The van der Waals surface area contributed by atoms with Crippen LogP contribution in [0.4, 0.5) is 0 Å². The van der Waals surface area contributed by atoms with E-state index < -0.39 is 0 Å². The van der Waals surface area contributed by atoms with E-state index in [1.807, 2.05) is 0 Å². The summed E-state index contributed by atoms with van der Waals surface area (Å²) in [7, 11) is 2.42. The molecule has 0 heterocycles. The molecular weight excluding hydrogens is 131 g/mol. The van der Waals surface area contributed by atoms with E-state index in [9.17, 15) is 0 Å². The Morgan fingerprint density at radius 1 is 0.636 bits per heavy atom. The van der Waals surface area contributed by atoms with Gasteiger partial charge in [-0.2, -0.15) is 0 Å². The maximum Gasteiger partial charge on any atom is 0.105 e. The summed E-state index contributed by atoms with van der Waals surface area (Å²) in [6.07, 6.45) is 13.4. The molecule has 0 amide bonds. The maximum absolute atomic E-state index is 2.42. The van der Waals surface area contributed by atoms with Crippen molar-refractivity contribution in [3.8, 4) is 0 Å². The van der Waals surface area contributed by atoms with Gasteiger partial charge >= 0.3 is 0 Å². The minimum Gasteiger partial charge on any atom is -0.0697 e. The third kappa shape index (κ3) is 4.50. The first kappa shape index (κ1) is 9.16. The molecule has 1 aliphatic carbocycles. The minimum absolute atomic E-state index is 1.01. The van der Waals surface area contributed by atoms with Crippen LogP contribution in [0.3, 0.4) is 0 Å². The standard InChI is InChI=1S/C10H21B/c11-10-8-6-4-2-1-3-5-7-9-10/h10H,1-9,11H2. The lowest BCUT2D eigenvalue weighted by Crippen LogP contribution is -1.95. The average Bonchev–Trinajstić information content (AvgIpc) is 2.03. The summed E-state index contributed by atoms with van der Waals surface area (Å²) < 4.78 is 0. The first-order chi connectivity index (χ1) is 5.39. The lowest BCUT2D eigenvalue weighted by Gasteiger charge is -2.12. The van der Waals surface area contributed by atoms with Crippen molar-refractivity contribution in [2.45, 2.75) is 63.6 Å². The van der Waals surface area contributed by atoms with E-state index in [0.29, 0.717) is 0 Å². The Labute approximate surface area is 72.2 Å². The number of hydrogen-bond donors (Lipinski definition) is 0. The highest BCUT2D eigenvalue weighted by atomic mass is 14.1. The van der Waals surface area contributed by atoms with Crippen LogP contribution >= 0.6 is 0 Å². The van der Waals surface area contributed by atoms with Crippen molar-refractivity contribution >= 4 is 7.85 Å². The Bertz CT molecular complexity index is 80.9. The molecule has 0 aromatic carbocycles. The molecule has 1 heteroatoms. The van der Waals surface area contributed by atoms with E-state index in [2.05, 4.69) is 7.85 Å². The van der Waals surface area contributed by atoms with Crippen LogP contribution < -0.4 is 0 Å². The molecule has 0 unspecified atom stereocenters. The Hall–Kier alpha value is 0.0649. The molecule has 1 saturated carbocycles. The van der Waals surface area contributed by atoms with Gasteiger partial charge in [0, 0.05) is 0 Å². The Balaban J connectivity index is 2.12. The molecule has 0 saturated heterocycles. The average molecular weight is 152 g/mol. The smallest absolute Gasteiger partial charge is 0.0697 e. The molecule has 0 radical (unpaired) electrons. The fourth-order valence-electron chi connectivity index (χ4n) is 2.01. The second-order valence-electron chi connectivity index (χ2n) is 4.16. The summed E-state index contributed by atoms with van der Waals surface area (Å²) in [5, 5.41) is 0. The summed E-state index contributed by atoms with van der Waals surface area (Å²) in [6, 6.07) is 0. The van der Waals surface area contributed by atoms with Gasteiger partial charge in [0.15, 0.2) is 0 Å². The fourth-order valence-corrected chi connectivity index (χ4v) is 2.01. The van der Waals surface area contributed by atoms with Crippen LogP contribution in [0.15, 0.2) is 0 Å². The zero-order valence-electron chi connectivity index (χ0n) is 7.94. The van der Waals surface area contributed by atoms with Crippen LogP contribution in [0.1, 0.15) is 57.8 Å². The van der Waals surface area contributed by atoms with Crippen molar-refractivity contribution in [2.24, 2.45) is 0 Å². The normalized spacial score (nSPS) is 24.7. The summed E-state index contributed by atoms with van der Waals surface area (Å²) >= 11 is 0. The molecule has 0 aromatic heterocycles. The quantitative estimate of drug-likeness (QED) is 0.468. The van der Waals surface area contributed by atoms with E-state index in [1.165, 1.54) is 57.8 Å². The third-order valence-corrected chi connectivity index (χ3v) is 2.89. The SMILES string of the molecule is BC1CCCCCCCCC1. The molecule has 11 heavy (non-hydrogen) atoms. The van der Waals surface area contributed by atoms with Gasteiger partial charge in [0.2, 0.25) is 0 Å². The molecule has 64 valence electrons.